The van der Waals surface area contributed by atoms with Gasteiger partial charge in [0.05, 0.1) is 4.92 Å². The zero-order valence-corrected chi connectivity index (χ0v) is 11.3. The van der Waals surface area contributed by atoms with E-state index in [1.807, 2.05) is 12.1 Å². The van der Waals surface area contributed by atoms with E-state index >= 15 is 0 Å². The molecule has 0 saturated heterocycles. The molecule has 6 heteroatoms. The summed E-state index contributed by atoms with van der Waals surface area (Å²) in [5.41, 5.74) is 0.710. The van der Waals surface area contributed by atoms with Gasteiger partial charge in [0, 0.05) is 18.4 Å². The Labute approximate surface area is 120 Å². The second-order valence-corrected chi connectivity index (χ2v) is 4.42. The first-order valence-electron chi connectivity index (χ1n) is 6.18. The minimum atomic E-state index is -1.06. The fourth-order valence-electron chi connectivity index (χ4n) is 1.96. The average molecular weight is 287 g/mol. The molecule has 0 aliphatic rings. The summed E-state index contributed by atoms with van der Waals surface area (Å²) in [6.07, 6.45) is 1.48. The lowest BCUT2D eigenvalue weighted by Gasteiger charge is -2.09. The standard InChI is InChI=1S/C15H13NO5/c1-10(16(19)20)8-11-6-7-14(21-9-15(17)18)13-5-3-2-4-12(11)13/h2-8H,9H2,1H3,(H,17,18)/b10-8-. The number of aliphatic carboxylic acids is 1. The van der Waals surface area contributed by atoms with Gasteiger partial charge < -0.3 is 9.84 Å². The highest BCUT2D eigenvalue weighted by Gasteiger charge is 2.09. The van der Waals surface area contributed by atoms with Crippen LogP contribution in [0.5, 0.6) is 5.75 Å². The van der Waals surface area contributed by atoms with Gasteiger partial charge in [-0.05, 0) is 17.0 Å². The maximum atomic E-state index is 10.7. The summed E-state index contributed by atoms with van der Waals surface area (Å²) in [6.45, 7) is 0.983. The normalized spacial score (nSPS) is 11.4. The molecule has 2 aromatic rings. The van der Waals surface area contributed by atoms with Crippen molar-refractivity contribution in [2.24, 2.45) is 0 Å². The quantitative estimate of drug-likeness (QED) is 0.674. The van der Waals surface area contributed by atoms with E-state index in [-0.39, 0.29) is 5.70 Å². The molecule has 0 spiro atoms. The molecule has 2 rings (SSSR count). The number of allylic oxidation sites excluding steroid dienone is 1. The van der Waals surface area contributed by atoms with Crippen LogP contribution in [0.3, 0.4) is 0 Å². The predicted molar refractivity (Wildman–Crippen MR) is 77.7 cm³/mol. The van der Waals surface area contributed by atoms with E-state index in [9.17, 15) is 14.9 Å². The summed E-state index contributed by atoms with van der Waals surface area (Å²) in [5, 5.41) is 20.9. The number of nitrogens with zero attached hydrogens (tertiary/aromatic N) is 1. The van der Waals surface area contributed by atoms with Crippen LogP contribution in [0, 0.1) is 10.1 Å². The topological polar surface area (TPSA) is 89.7 Å². The molecule has 0 unspecified atom stereocenters. The Morgan fingerprint density at radius 2 is 1.95 bits per heavy atom. The average Bonchev–Trinajstić information content (AvgIpc) is 2.46. The van der Waals surface area contributed by atoms with Crippen molar-refractivity contribution >= 4 is 22.8 Å². The molecule has 0 aliphatic carbocycles. The molecule has 0 amide bonds. The second kappa shape index (κ2) is 6.04. The van der Waals surface area contributed by atoms with E-state index in [1.54, 1.807) is 24.3 Å². The Balaban J connectivity index is 2.52. The lowest BCUT2D eigenvalue weighted by molar-refractivity contribution is -0.422. The van der Waals surface area contributed by atoms with Gasteiger partial charge in [-0.25, -0.2) is 4.79 Å². The third-order valence-corrected chi connectivity index (χ3v) is 2.92. The first kappa shape index (κ1) is 14.5. The summed E-state index contributed by atoms with van der Waals surface area (Å²) in [4.78, 5) is 20.9. The predicted octanol–water partition coefficient (Wildman–Crippen LogP) is 2.94. The van der Waals surface area contributed by atoms with Crippen LogP contribution in [-0.4, -0.2) is 22.6 Å². The number of hydrogen-bond donors (Lipinski definition) is 1. The summed E-state index contributed by atoms with van der Waals surface area (Å²) in [7, 11) is 0. The van der Waals surface area contributed by atoms with Crippen LogP contribution in [0.15, 0.2) is 42.1 Å². The van der Waals surface area contributed by atoms with Crippen molar-refractivity contribution in [3.8, 4) is 5.75 Å². The van der Waals surface area contributed by atoms with Crippen LogP contribution < -0.4 is 4.74 Å². The van der Waals surface area contributed by atoms with Crippen LogP contribution in [0.2, 0.25) is 0 Å². The number of rotatable bonds is 5. The smallest absolute Gasteiger partial charge is 0.341 e. The van der Waals surface area contributed by atoms with Gasteiger partial charge in [0.2, 0.25) is 5.70 Å². The number of ether oxygens (including phenoxy) is 1. The van der Waals surface area contributed by atoms with Crippen molar-refractivity contribution in [3.63, 3.8) is 0 Å². The van der Waals surface area contributed by atoms with Gasteiger partial charge >= 0.3 is 5.97 Å². The zero-order valence-electron chi connectivity index (χ0n) is 11.3. The molecule has 1 N–H and O–H groups in total. The Morgan fingerprint density at radius 1 is 1.29 bits per heavy atom. The third-order valence-electron chi connectivity index (χ3n) is 2.92. The first-order valence-corrected chi connectivity index (χ1v) is 6.18. The van der Waals surface area contributed by atoms with Gasteiger partial charge in [-0.15, -0.1) is 0 Å². The van der Waals surface area contributed by atoms with Crippen LogP contribution >= 0.6 is 0 Å². The van der Waals surface area contributed by atoms with E-state index in [0.717, 1.165) is 5.39 Å². The molecule has 0 fully saturated rings. The van der Waals surface area contributed by atoms with Crippen LogP contribution in [0.1, 0.15) is 12.5 Å². The van der Waals surface area contributed by atoms with Crippen LogP contribution in [0.4, 0.5) is 0 Å². The third kappa shape index (κ3) is 3.36. The number of hydrogen-bond acceptors (Lipinski definition) is 4. The van der Waals surface area contributed by atoms with Gasteiger partial charge in [0.1, 0.15) is 5.75 Å². The van der Waals surface area contributed by atoms with Crippen molar-refractivity contribution < 1.29 is 19.6 Å². The molecule has 2 aromatic carbocycles. The zero-order chi connectivity index (χ0) is 15.4. The molecule has 0 atom stereocenters. The van der Waals surface area contributed by atoms with Crippen molar-refractivity contribution in [1.82, 2.24) is 0 Å². The lowest BCUT2D eigenvalue weighted by Crippen LogP contribution is -2.09. The van der Waals surface area contributed by atoms with Crippen LogP contribution in [-0.2, 0) is 4.79 Å². The van der Waals surface area contributed by atoms with Crippen molar-refractivity contribution in [2.45, 2.75) is 6.92 Å². The van der Waals surface area contributed by atoms with Crippen LogP contribution in [0.25, 0.3) is 16.8 Å². The van der Waals surface area contributed by atoms with E-state index in [2.05, 4.69) is 0 Å². The van der Waals surface area contributed by atoms with Crippen molar-refractivity contribution in [2.75, 3.05) is 6.61 Å². The molecule has 0 radical (unpaired) electrons. The molecular weight excluding hydrogens is 274 g/mol. The van der Waals surface area contributed by atoms with E-state index < -0.39 is 17.5 Å². The Kier molecular flexibility index (Phi) is 4.18. The molecule has 0 aromatic heterocycles. The minimum absolute atomic E-state index is 0.0272. The van der Waals surface area contributed by atoms with Gasteiger partial charge in [0.15, 0.2) is 6.61 Å². The highest BCUT2D eigenvalue weighted by molar-refractivity contribution is 5.95. The fraction of sp³-hybridized carbons (Fsp3) is 0.133. The highest BCUT2D eigenvalue weighted by Crippen LogP contribution is 2.29. The summed E-state index contributed by atoms with van der Waals surface area (Å²) in [6, 6.07) is 10.5. The molecule has 21 heavy (non-hydrogen) atoms. The van der Waals surface area contributed by atoms with Gasteiger partial charge in [0.25, 0.3) is 0 Å². The molecule has 0 aliphatic heterocycles. The number of fused-ring (bicyclic) bond motifs is 1. The maximum absolute atomic E-state index is 10.7. The molecular formula is C15H13NO5. The molecule has 108 valence electrons. The molecule has 0 saturated carbocycles. The summed E-state index contributed by atoms with van der Waals surface area (Å²) < 4.78 is 5.23. The number of nitro groups is 1. The van der Waals surface area contributed by atoms with Crippen molar-refractivity contribution in [1.29, 1.82) is 0 Å². The number of benzene rings is 2. The van der Waals surface area contributed by atoms with E-state index in [1.165, 1.54) is 13.0 Å². The molecule has 6 nitrogen and oxygen atoms in total. The van der Waals surface area contributed by atoms with Crippen molar-refractivity contribution in [3.05, 3.63) is 57.8 Å². The first-order chi connectivity index (χ1) is 9.99. The van der Waals surface area contributed by atoms with Gasteiger partial charge in [-0.1, -0.05) is 30.3 Å². The van der Waals surface area contributed by atoms with E-state index in [0.29, 0.717) is 16.7 Å². The monoisotopic (exact) mass is 287 g/mol. The Bertz CT molecular complexity index is 736. The summed E-state index contributed by atoms with van der Waals surface area (Å²) in [5.74, 6) is -0.629. The molecule has 0 heterocycles. The largest absolute Gasteiger partial charge is 0.481 e. The summed E-state index contributed by atoms with van der Waals surface area (Å²) >= 11 is 0. The second-order valence-electron chi connectivity index (χ2n) is 4.42. The van der Waals surface area contributed by atoms with Gasteiger partial charge in [-0.3, -0.25) is 10.1 Å². The Morgan fingerprint density at radius 3 is 2.57 bits per heavy atom. The number of carbonyl (C=O) groups is 1. The minimum Gasteiger partial charge on any atom is -0.481 e. The lowest BCUT2D eigenvalue weighted by atomic mass is 10.0. The fourth-order valence-corrected chi connectivity index (χ4v) is 1.96. The highest BCUT2D eigenvalue weighted by atomic mass is 16.6. The molecule has 0 bridgehead atoms. The SMILES string of the molecule is C/C(=C/c1ccc(OCC(=O)O)c2ccccc12)[N+](=O)[O-]. The van der Waals surface area contributed by atoms with E-state index in [4.69, 9.17) is 9.84 Å². The number of carboxylic acid groups (broad SMARTS) is 1. The number of carboxylic acids is 1. The maximum Gasteiger partial charge on any atom is 0.341 e. The Hall–Kier alpha value is -2.89. The van der Waals surface area contributed by atoms with Gasteiger partial charge in [-0.2, -0.15) is 0 Å².